The Kier molecular flexibility index (Phi) is 6.64. The molecule has 152 valence electrons. The second-order valence-electron chi connectivity index (χ2n) is 7.03. The molecule has 0 aliphatic rings. The fourth-order valence-corrected chi connectivity index (χ4v) is 4.24. The lowest BCUT2D eigenvalue weighted by Crippen LogP contribution is -2.23. The van der Waals surface area contributed by atoms with Gasteiger partial charge in [0.1, 0.15) is 6.54 Å². The van der Waals surface area contributed by atoms with Gasteiger partial charge < -0.3 is 9.30 Å². The maximum absolute atomic E-state index is 12.6. The molecule has 0 bridgehead atoms. The smallest absolute Gasteiger partial charge is 0.326 e. The third-order valence-corrected chi connectivity index (χ3v) is 5.94. The Hall–Kier alpha value is -2.73. The SMILES string of the molecule is CCOC(=O)Cn1c(=NC(=O)Cc2ccc(CC)cc2)sc2cc(C)c(C)cc21. The molecular formula is C23H26N2O3S. The summed E-state index contributed by atoms with van der Waals surface area (Å²) in [4.78, 5) is 29.6. The summed E-state index contributed by atoms with van der Waals surface area (Å²) in [5, 5.41) is 0. The number of ether oxygens (including phenoxy) is 1. The molecule has 0 fully saturated rings. The fraction of sp³-hybridized carbons (Fsp3) is 0.348. The average molecular weight is 411 g/mol. The summed E-state index contributed by atoms with van der Waals surface area (Å²) in [6.45, 7) is 8.31. The van der Waals surface area contributed by atoms with E-state index in [1.54, 1.807) is 11.5 Å². The molecule has 0 unspecified atom stereocenters. The van der Waals surface area contributed by atoms with Crippen molar-refractivity contribution in [1.82, 2.24) is 4.57 Å². The molecule has 3 aromatic rings. The standard InChI is InChI=1S/C23H26N2O3S/c1-5-17-7-9-18(10-8-17)13-21(26)24-23-25(14-22(27)28-6-2)19-11-15(3)16(4)12-20(19)29-23/h7-12H,5-6,13-14H2,1-4H3. The highest BCUT2D eigenvalue weighted by Gasteiger charge is 2.13. The topological polar surface area (TPSA) is 60.7 Å². The normalized spacial score (nSPS) is 11.8. The van der Waals surface area contributed by atoms with E-state index in [1.807, 2.05) is 44.2 Å². The van der Waals surface area contributed by atoms with Crippen molar-refractivity contribution in [3.8, 4) is 0 Å². The van der Waals surface area contributed by atoms with Gasteiger partial charge in [-0.1, -0.05) is 42.5 Å². The summed E-state index contributed by atoms with van der Waals surface area (Å²) in [5.74, 6) is -0.568. The molecule has 0 N–H and O–H groups in total. The van der Waals surface area contributed by atoms with Gasteiger partial charge in [0.05, 0.1) is 23.2 Å². The van der Waals surface area contributed by atoms with E-state index in [0.717, 1.165) is 33.3 Å². The molecule has 3 rings (SSSR count). The molecule has 0 radical (unpaired) electrons. The molecule has 0 aliphatic heterocycles. The highest BCUT2D eigenvalue weighted by atomic mass is 32.1. The molecule has 2 aromatic carbocycles. The first-order valence-electron chi connectivity index (χ1n) is 9.82. The zero-order valence-electron chi connectivity index (χ0n) is 17.3. The minimum absolute atomic E-state index is 0.0354. The van der Waals surface area contributed by atoms with Gasteiger partial charge in [-0.25, -0.2) is 0 Å². The number of carbonyl (C=O) groups is 2. The number of hydrogen-bond donors (Lipinski definition) is 0. The van der Waals surface area contributed by atoms with E-state index in [0.29, 0.717) is 11.4 Å². The first-order chi connectivity index (χ1) is 13.9. The molecule has 5 nitrogen and oxygen atoms in total. The number of esters is 1. The Morgan fingerprint density at radius 1 is 1.03 bits per heavy atom. The van der Waals surface area contributed by atoms with Crippen molar-refractivity contribution >= 4 is 33.4 Å². The number of thiazole rings is 1. The Morgan fingerprint density at radius 2 is 1.69 bits per heavy atom. The van der Waals surface area contributed by atoms with Crippen molar-refractivity contribution in [2.45, 2.75) is 47.1 Å². The van der Waals surface area contributed by atoms with Crippen LogP contribution in [0.4, 0.5) is 0 Å². The number of carbonyl (C=O) groups excluding carboxylic acids is 2. The molecular weight excluding hydrogens is 384 g/mol. The summed E-state index contributed by atoms with van der Waals surface area (Å²) in [6, 6.07) is 12.1. The molecule has 0 aliphatic carbocycles. The summed E-state index contributed by atoms with van der Waals surface area (Å²) in [6.07, 6.45) is 1.20. The first kappa shape index (κ1) is 21.0. The second kappa shape index (κ2) is 9.18. The largest absolute Gasteiger partial charge is 0.465 e. The van der Waals surface area contributed by atoms with E-state index < -0.39 is 0 Å². The van der Waals surface area contributed by atoms with Gasteiger partial charge in [0.2, 0.25) is 0 Å². The number of rotatable bonds is 6. The Labute approximate surface area is 174 Å². The van der Waals surface area contributed by atoms with Crippen LogP contribution in [-0.2, 0) is 33.7 Å². The fourth-order valence-electron chi connectivity index (χ4n) is 3.11. The number of amides is 1. The summed E-state index contributed by atoms with van der Waals surface area (Å²) >= 11 is 1.42. The number of benzene rings is 2. The predicted octanol–water partition coefficient (Wildman–Crippen LogP) is 4.12. The lowest BCUT2D eigenvalue weighted by atomic mass is 10.1. The lowest BCUT2D eigenvalue weighted by molar-refractivity contribution is -0.143. The minimum atomic E-state index is -0.338. The van der Waals surface area contributed by atoms with E-state index in [-0.39, 0.29) is 24.8 Å². The monoisotopic (exact) mass is 410 g/mol. The first-order valence-corrected chi connectivity index (χ1v) is 10.6. The van der Waals surface area contributed by atoms with Gasteiger partial charge in [0, 0.05) is 0 Å². The number of fused-ring (bicyclic) bond motifs is 1. The van der Waals surface area contributed by atoms with E-state index in [2.05, 4.69) is 18.0 Å². The molecule has 1 amide bonds. The van der Waals surface area contributed by atoms with Crippen LogP contribution in [0.1, 0.15) is 36.1 Å². The van der Waals surface area contributed by atoms with E-state index in [4.69, 9.17) is 4.74 Å². The second-order valence-corrected chi connectivity index (χ2v) is 8.04. The summed E-state index contributed by atoms with van der Waals surface area (Å²) in [7, 11) is 0. The highest BCUT2D eigenvalue weighted by Crippen LogP contribution is 2.22. The van der Waals surface area contributed by atoms with Crippen molar-refractivity contribution in [1.29, 1.82) is 0 Å². The van der Waals surface area contributed by atoms with Crippen molar-refractivity contribution < 1.29 is 14.3 Å². The number of aromatic nitrogens is 1. The molecule has 29 heavy (non-hydrogen) atoms. The van der Waals surface area contributed by atoms with Gasteiger partial charge in [-0.2, -0.15) is 4.99 Å². The zero-order chi connectivity index (χ0) is 21.0. The maximum Gasteiger partial charge on any atom is 0.326 e. The van der Waals surface area contributed by atoms with Crippen LogP contribution in [0.15, 0.2) is 41.4 Å². The van der Waals surface area contributed by atoms with Crippen molar-refractivity contribution in [3.63, 3.8) is 0 Å². The van der Waals surface area contributed by atoms with E-state index in [1.165, 1.54) is 16.9 Å². The van der Waals surface area contributed by atoms with Crippen LogP contribution < -0.4 is 4.80 Å². The molecule has 6 heteroatoms. The van der Waals surface area contributed by atoms with Crippen LogP contribution in [0, 0.1) is 13.8 Å². The van der Waals surface area contributed by atoms with Crippen molar-refractivity contribution in [2.75, 3.05) is 6.61 Å². The molecule has 1 heterocycles. The van der Waals surface area contributed by atoms with Gasteiger partial charge in [-0.05, 0) is 61.6 Å². The van der Waals surface area contributed by atoms with Gasteiger partial charge in [-0.3, -0.25) is 9.59 Å². The van der Waals surface area contributed by atoms with E-state index in [9.17, 15) is 9.59 Å². The number of aryl methyl sites for hydroxylation is 3. The molecule has 0 saturated carbocycles. The van der Waals surface area contributed by atoms with Gasteiger partial charge in [-0.15, -0.1) is 0 Å². The quantitative estimate of drug-likeness (QED) is 0.575. The van der Waals surface area contributed by atoms with Gasteiger partial charge >= 0.3 is 5.97 Å². The zero-order valence-corrected chi connectivity index (χ0v) is 18.1. The third-order valence-electron chi connectivity index (χ3n) is 4.90. The Balaban J connectivity index is 1.98. The summed E-state index contributed by atoms with van der Waals surface area (Å²) in [5.41, 5.74) is 5.35. The lowest BCUT2D eigenvalue weighted by Gasteiger charge is -2.06. The molecule has 0 saturated heterocycles. The van der Waals surface area contributed by atoms with Crippen molar-refractivity contribution in [3.05, 3.63) is 63.5 Å². The predicted molar refractivity (Wildman–Crippen MR) is 116 cm³/mol. The van der Waals surface area contributed by atoms with Gasteiger partial charge in [0.25, 0.3) is 5.91 Å². The average Bonchev–Trinajstić information content (AvgIpc) is 2.99. The van der Waals surface area contributed by atoms with Crippen LogP contribution in [0.5, 0.6) is 0 Å². The van der Waals surface area contributed by atoms with Crippen LogP contribution >= 0.6 is 11.3 Å². The maximum atomic E-state index is 12.6. The van der Waals surface area contributed by atoms with Crippen LogP contribution in [0.25, 0.3) is 10.2 Å². The molecule has 0 atom stereocenters. The molecule has 0 spiro atoms. The van der Waals surface area contributed by atoms with Crippen LogP contribution in [0.3, 0.4) is 0 Å². The minimum Gasteiger partial charge on any atom is -0.465 e. The molecule has 1 aromatic heterocycles. The Morgan fingerprint density at radius 3 is 2.34 bits per heavy atom. The number of hydrogen-bond acceptors (Lipinski definition) is 4. The van der Waals surface area contributed by atoms with Crippen LogP contribution in [0.2, 0.25) is 0 Å². The van der Waals surface area contributed by atoms with Crippen molar-refractivity contribution in [2.24, 2.45) is 4.99 Å². The third kappa shape index (κ3) is 5.01. The van der Waals surface area contributed by atoms with Gasteiger partial charge in [0.15, 0.2) is 4.80 Å². The van der Waals surface area contributed by atoms with Crippen LogP contribution in [-0.4, -0.2) is 23.1 Å². The summed E-state index contributed by atoms with van der Waals surface area (Å²) < 4.78 is 7.89. The highest BCUT2D eigenvalue weighted by molar-refractivity contribution is 7.16. The van der Waals surface area contributed by atoms with E-state index >= 15 is 0 Å². The number of nitrogens with zero attached hydrogens (tertiary/aromatic N) is 2. The Bertz CT molecular complexity index is 1110.